The minimum absolute atomic E-state index is 0. The van der Waals surface area contributed by atoms with Gasteiger partial charge in [0.2, 0.25) is 0 Å². The van der Waals surface area contributed by atoms with Gasteiger partial charge < -0.3 is 31.7 Å². The molecule has 2 unspecified atom stereocenters. The molecule has 1 aromatic carbocycles. The monoisotopic (exact) mass is 514 g/mol. The van der Waals surface area contributed by atoms with Crippen molar-refractivity contribution in [1.82, 2.24) is 0 Å². The van der Waals surface area contributed by atoms with Crippen molar-refractivity contribution in [3.8, 4) is 0 Å². The Labute approximate surface area is 210 Å². The van der Waals surface area contributed by atoms with Crippen LogP contribution < -0.4 is 22.2 Å². The van der Waals surface area contributed by atoms with Gasteiger partial charge in [0.15, 0.2) is 0 Å². The normalized spacial score (nSPS) is 39.0. The molecule has 35 heavy (non-hydrogen) atoms. The minimum Gasteiger partial charge on any atom is -1.00 e. The third-order valence-electron chi connectivity index (χ3n) is 9.60. The third kappa shape index (κ3) is 4.44. The zero-order chi connectivity index (χ0) is 23.7. The van der Waals surface area contributed by atoms with Gasteiger partial charge in [0.05, 0.1) is 50.5 Å². The van der Waals surface area contributed by atoms with Crippen LogP contribution in [-0.2, 0) is 20.4 Å². The van der Waals surface area contributed by atoms with Crippen molar-refractivity contribution in [3.05, 3.63) is 29.8 Å². The zero-order valence-corrected chi connectivity index (χ0v) is 20.8. The van der Waals surface area contributed by atoms with Gasteiger partial charge >= 0.3 is 12.1 Å². The molecule has 194 valence electrons. The minimum atomic E-state index is -4.33. The Bertz CT molecular complexity index is 963. The third-order valence-corrected chi connectivity index (χ3v) is 9.60. The summed E-state index contributed by atoms with van der Waals surface area (Å²) in [7, 11) is 0. The number of piperazine rings is 1. The number of epoxide rings is 1. The molecule has 1 aromatic rings. The molecule has 2 aliphatic carbocycles. The second-order valence-electron chi connectivity index (χ2n) is 11.6. The van der Waals surface area contributed by atoms with Gasteiger partial charge in [-0.25, -0.2) is 0 Å². The summed E-state index contributed by atoms with van der Waals surface area (Å²) in [5.74, 6) is 0.650. The van der Waals surface area contributed by atoms with E-state index in [-0.39, 0.29) is 47.3 Å². The van der Waals surface area contributed by atoms with E-state index >= 15 is 0 Å². The van der Waals surface area contributed by atoms with Crippen molar-refractivity contribution in [2.45, 2.75) is 56.9 Å². The van der Waals surface area contributed by atoms with Gasteiger partial charge in [0, 0.05) is 11.6 Å². The number of ether oxygens (including phenoxy) is 2. The molecule has 3 aliphatic heterocycles. The Hall–Kier alpha value is -1.51. The fourth-order valence-corrected chi connectivity index (χ4v) is 7.67. The number of anilines is 1. The number of quaternary nitrogens is 1. The van der Waals surface area contributed by atoms with E-state index in [0.29, 0.717) is 24.7 Å². The maximum atomic E-state index is 13.1. The maximum Gasteiger partial charge on any atom is 0.416 e. The highest BCUT2D eigenvalue weighted by atomic mass is 35.5. The topological polar surface area (TPSA) is 46.5 Å². The van der Waals surface area contributed by atoms with Crippen LogP contribution in [0.25, 0.3) is 0 Å². The Morgan fingerprint density at radius 1 is 1.20 bits per heavy atom. The number of hydrogen-bond acceptors (Lipinski definition) is 4. The number of carbonyl (C=O) groups excluding carboxylic acids is 1. The predicted molar refractivity (Wildman–Crippen MR) is 119 cm³/mol. The first-order valence-electron chi connectivity index (χ1n) is 12.8. The molecule has 1 spiro atoms. The molecular weight excluding hydrogens is 481 g/mol. The molecule has 0 bridgehead atoms. The highest BCUT2D eigenvalue weighted by Gasteiger charge is 2.65. The number of hydrogen-bond donors (Lipinski definition) is 1. The van der Waals surface area contributed by atoms with Crippen LogP contribution in [0, 0.1) is 23.2 Å². The van der Waals surface area contributed by atoms with Crippen molar-refractivity contribution < 1.29 is 44.7 Å². The first-order valence-corrected chi connectivity index (χ1v) is 12.8. The molecule has 0 amide bonds. The van der Waals surface area contributed by atoms with E-state index in [9.17, 15) is 18.0 Å². The van der Waals surface area contributed by atoms with Gasteiger partial charge in [-0.2, -0.15) is 13.2 Å². The first kappa shape index (κ1) is 25.2. The summed E-state index contributed by atoms with van der Waals surface area (Å²) in [6, 6.07) is 5.58. The second kappa shape index (κ2) is 8.80. The van der Waals surface area contributed by atoms with E-state index in [1.54, 1.807) is 6.07 Å². The molecule has 0 aromatic heterocycles. The van der Waals surface area contributed by atoms with E-state index < -0.39 is 11.7 Å². The number of benzene rings is 1. The molecule has 5 aliphatic rings. The van der Waals surface area contributed by atoms with Crippen molar-refractivity contribution >= 4 is 11.7 Å². The maximum absolute atomic E-state index is 13.1. The van der Waals surface area contributed by atoms with Crippen molar-refractivity contribution in [3.63, 3.8) is 0 Å². The number of fused-ring (bicyclic) bond motifs is 3. The van der Waals surface area contributed by atoms with E-state index in [0.717, 1.165) is 51.6 Å². The molecular formula is C26H34ClF3N2O3. The fourth-order valence-electron chi connectivity index (χ4n) is 7.67. The summed E-state index contributed by atoms with van der Waals surface area (Å²) >= 11 is 0. The SMILES string of the molecule is C[C@]12CCC[C@]3(CO3)C1C[C@@H]1C(C[NH+]3CCN(c4cccc(C(F)(F)F)c4)CC3)C(=O)O[C@@H]1C2.[Cl-]. The molecule has 0 radical (unpaired) electrons. The molecule has 2 saturated carbocycles. The number of esters is 1. The van der Waals surface area contributed by atoms with Gasteiger partial charge in [-0.1, -0.05) is 13.0 Å². The summed E-state index contributed by atoms with van der Waals surface area (Å²) < 4.78 is 51.3. The quantitative estimate of drug-likeness (QED) is 0.454. The largest absolute Gasteiger partial charge is 1.00 e. The molecule has 1 N–H and O–H groups in total. The average molecular weight is 515 g/mol. The molecule has 5 nitrogen and oxygen atoms in total. The lowest BCUT2D eigenvalue weighted by Gasteiger charge is -2.51. The number of nitrogens with zero attached hydrogens (tertiary/aromatic N) is 1. The van der Waals surface area contributed by atoms with E-state index in [2.05, 4.69) is 6.92 Å². The van der Waals surface area contributed by atoms with Crippen LogP contribution >= 0.6 is 0 Å². The second-order valence-corrected chi connectivity index (χ2v) is 11.6. The Balaban J connectivity index is 0.00000253. The lowest BCUT2D eigenvalue weighted by atomic mass is 9.53. The lowest BCUT2D eigenvalue weighted by molar-refractivity contribution is -0.903. The Morgan fingerprint density at radius 3 is 2.63 bits per heavy atom. The highest BCUT2D eigenvalue weighted by molar-refractivity contribution is 5.75. The Morgan fingerprint density at radius 2 is 1.94 bits per heavy atom. The highest BCUT2D eigenvalue weighted by Crippen LogP contribution is 2.62. The van der Waals surface area contributed by atoms with E-state index in [4.69, 9.17) is 9.47 Å². The molecule has 6 atom stereocenters. The standard InChI is InChI=1S/C26H33F3N2O3.ClH/c1-24-6-3-7-25(16-33-25)22(24)13-19-20(23(32)34-21(19)14-24)15-30-8-10-31(11-9-30)18-5-2-4-17(12-18)26(27,28)29;/h2,4-5,12,19-22H,3,6-11,13-16H2,1H3;1H/t19-,20?,21-,22?,24-,25+;/m1./s1. The van der Waals surface area contributed by atoms with E-state index in [1.807, 2.05) is 4.90 Å². The predicted octanol–water partition coefficient (Wildman–Crippen LogP) is -0.0587. The van der Waals surface area contributed by atoms with Crippen LogP contribution in [0.15, 0.2) is 24.3 Å². The number of carbonyl (C=O) groups is 1. The number of rotatable bonds is 3. The summed E-state index contributed by atoms with van der Waals surface area (Å²) in [4.78, 5) is 16.3. The van der Waals surface area contributed by atoms with Gasteiger partial charge in [0.1, 0.15) is 12.0 Å². The molecule has 5 fully saturated rings. The van der Waals surface area contributed by atoms with Crippen molar-refractivity contribution in [2.75, 3.05) is 44.2 Å². The summed E-state index contributed by atoms with van der Waals surface area (Å²) in [5.41, 5.74) is 0.267. The van der Waals surface area contributed by atoms with Crippen LogP contribution in [0.2, 0.25) is 0 Å². The molecule has 9 heteroatoms. The number of halogens is 4. The van der Waals surface area contributed by atoms with Crippen LogP contribution in [-0.4, -0.2) is 57.0 Å². The summed E-state index contributed by atoms with van der Waals surface area (Å²) in [5, 5.41) is 0. The van der Waals surface area contributed by atoms with Crippen LogP contribution in [0.3, 0.4) is 0 Å². The smallest absolute Gasteiger partial charge is 0.416 e. The molecule has 3 saturated heterocycles. The van der Waals surface area contributed by atoms with Gasteiger partial charge in [-0.05, 0) is 61.6 Å². The number of nitrogens with one attached hydrogen (secondary N) is 1. The average Bonchev–Trinajstić information content (AvgIpc) is 3.50. The van der Waals surface area contributed by atoms with Crippen molar-refractivity contribution in [1.29, 1.82) is 0 Å². The zero-order valence-electron chi connectivity index (χ0n) is 20.1. The summed E-state index contributed by atoms with van der Waals surface area (Å²) in [6.07, 6.45) is 1.20. The lowest BCUT2D eigenvalue weighted by Crippen LogP contribution is -3.15. The fraction of sp³-hybridized carbons (Fsp3) is 0.731. The van der Waals surface area contributed by atoms with Crippen molar-refractivity contribution in [2.24, 2.45) is 23.2 Å². The number of alkyl halides is 3. The van der Waals surface area contributed by atoms with Crippen LogP contribution in [0.5, 0.6) is 0 Å². The van der Waals surface area contributed by atoms with Gasteiger partial charge in [0.25, 0.3) is 0 Å². The Kier molecular flexibility index (Phi) is 6.33. The molecule has 6 rings (SSSR count). The van der Waals surface area contributed by atoms with Crippen LogP contribution in [0.4, 0.5) is 18.9 Å². The van der Waals surface area contributed by atoms with Gasteiger partial charge in [-0.3, -0.25) is 4.79 Å². The first-order chi connectivity index (χ1) is 16.2. The summed E-state index contributed by atoms with van der Waals surface area (Å²) in [6.45, 7) is 6.99. The van der Waals surface area contributed by atoms with Crippen LogP contribution in [0.1, 0.15) is 44.6 Å². The molecule has 3 heterocycles. The van der Waals surface area contributed by atoms with E-state index in [1.165, 1.54) is 29.9 Å². The van der Waals surface area contributed by atoms with Gasteiger partial charge in [-0.15, -0.1) is 0 Å².